The Morgan fingerprint density at radius 2 is 1.85 bits per heavy atom. The van der Waals surface area contributed by atoms with Gasteiger partial charge in [-0.05, 0) is 24.3 Å². The van der Waals surface area contributed by atoms with E-state index in [-0.39, 0.29) is 0 Å². The number of benzene rings is 1. The number of halogens is 1. The highest BCUT2D eigenvalue weighted by molar-refractivity contribution is 6.29. The van der Waals surface area contributed by atoms with E-state index in [4.69, 9.17) is 11.6 Å². The maximum Gasteiger partial charge on any atom is 0.187 e. The molecular formula is C13H7ClN6. The topological polar surface area (TPSA) is 68.9 Å². The molecule has 0 aliphatic rings. The molecule has 4 rings (SSSR count). The Kier molecular flexibility index (Phi) is 2.37. The largest absolute Gasteiger partial charge is 0.253 e. The summed E-state index contributed by atoms with van der Waals surface area (Å²) >= 11 is 5.94. The van der Waals surface area contributed by atoms with Crippen molar-refractivity contribution in [2.24, 2.45) is 0 Å². The van der Waals surface area contributed by atoms with Crippen molar-refractivity contribution in [1.82, 2.24) is 29.8 Å². The summed E-state index contributed by atoms with van der Waals surface area (Å²) in [5, 5.41) is 12.9. The first-order chi connectivity index (χ1) is 9.83. The van der Waals surface area contributed by atoms with Gasteiger partial charge >= 0.3 is 0 Å². The Morgan fingerprint density at radius 3 is 2.80 bits per heavy atom. The molecule has 0 aliphatic heterocycles. The van der Waals surface area contributed by atoms with Crippen LogP contribution in [0.3, 0.4) is 0 Å². The molecule has 4 aromatic rings. The van der Waals surface area contributed by atoms with E-state index in [1.165, 1.54) is 0 Å². The Morgan fingerprint density at radius 1 is 0.950 bits per heavy atom. The fourth-order valence-electron chi connectivity index (χ4n) is 2.11. The van der Waals surface area contributed by atoms with Crippen LogP contribution in [0, 0.1) is 0 Å². The van der Waals surface area contributed by atoms with Crippen LogP contribution in [0.5, 0.6) is 0 Å². The molecule has 3 aromatic heterocycles. The Labute approximate surface area is 118 Å². The van der Waals surface area contributed by atoms with Crippen LogP contribution in [-0.4, -0.2) is 29.8 Å². The minimum absolute atomic E-state index is 0.380. The number of aromatic nitrogens is 6. The van der Waals surface area contributed by atoms with E-state index in [9.17, 15) is 0 Å². The van der Waals surface area contributed by atoms with Crippen LogP contribution in [0.25, 0.3) is 28.1 Å². The minimum atomic E-state index is 0.380. The third-order valence-corrected chi connectivity index (χ3v) is 3.17. The van der Waals surface area contributed by atoms with Gasteiger partial charge in [0.15, 0.2) is 11.5 Å². The molecule has 0 aliphatic carbocycles. The van der Waals surface area contributed by atoms with Crippen molar-refractivity contribution in [3.63, 3.8) is 0 Å². The highest BCUT2D eigenvalue weighted by atomic mass is 35.5. The smallest absolute Gasteiger partial charge is 0.187 e. The first kappa shape index (κ1) is 11.2. The Hall–Kier alpha value is -2.60. The fourth-order valence-corrected chi connectivity index (χ4v) is 2.25. The number of fused-ring (bicyclic) bond motifs is 2. The fraction of sp³-hybridized carbons (Fsp3) is 0. The number of rotatable bonds is 1. The summed E-state index contributed by atoms with van der Waals surface area (Å²) in [5.41, 5.74) is 3.00. The third-order valence-electron chi connectivity index (χ3n) is 2.97. The van der Waals surface area contributed by atoms with Gasteiger partial charge in [0.25, 0.3) is 0 Å². The number of nitrogens with zero attached hydrogens (tertiary/aromatic N) is 6. The van der Waals surface area contributed by atoms with Crippen LogP contribution in [0.2, 0.25) is 5.15 Å². The summed E-state index contributed by atoms with van der Waals surface area (Å²) < 4.78 is 1.60. The number of hydrogen-bond acceptors (Lipinski definition) is 5. The van der Waals surface area contributed by atoms with Gasteiger partial charge in [0.1, 0.15) is 5.15 Å². The molecular weight excluding hydrogens is 276 g/mol. The van der Waals surface area contributed by atoms with E-state index < -0.39 is 0 Å². The van der Waals surface area contributed by atoms with Gasteiger partial charge in [0, 0.05) is 18.0 Å². The van der Waals surface area contributed by atoms with Crippen LogP contribution in [0.1, 0.15) is 0 Å². The average Bonchev–Trinajstić information content (AvgIpc) is 2.89. The van der Waals surface area contributed by atoms with Crippen molar-refractivity contribution in [1.29, 1.82) is 0 Å². The zero-order chi connectivity index (χ0) is 13.5. The molecule has 0 amide bonds. The normalized spacial score (nSPS) is 11.2. The molecule has 0 spiro atoms. The first-order valence-electron chi connectivity index (χ1n) is 5.91. The summed E-state index contributed by atoms with van der Waals surface area (Å²) in [4.78, 5) is 8.64. The highest BCUT2D eigenvalue weighted by Crippen LogP contribution is 2.24. The monoisotopic (exact) mass is 282 g/mol. The minimum Gasteiger partial charge on any atom is -0.253 e. The van der Waals surface area contributed by atoms with Crippen molar-refractivity contribution >= 4 is 28.3 Å². The molecule has 7 heteroatoms. The summed E-state index contributed by atoms with van der Waals surface area (Å²) in [6.45, 7) is 0. The second-order valence-electron chi connectivity index (χ2n) is 4.18. The van der Waals surface area contributed by atoms with Gasteiger partial charge < -0.3 is 0 Å². The van der Waals surface area contributed by atoms with Crippen LogP contribution >= 0.6 is 11.6 Å². The molecule has 0 N–H and O–H groups in total. The maximum absolute atomic E-state index is 5.94. The van der Waals surface area contributed by atoms with Crippen LogP contribution < -0.4 is 0 Å². The predicted molar refractivity (Wildman–Crippen MR) is 74.3 cm³/mol. The van der Waals surface area contributed by atoms with Crippen molar-refractivity contribution < 1.29 is 0 Å². The van der Waals surface area contributed by atoms with E-state index in [2.05, 4.69) is 25.3 Å². The number of para-hydroxylation sites is 1. The van der Waals surface area contributed by atoms with Gasteiger partial charge in [0.2, 0.25) is 0 Å². The molecule has 0 fully saturated rings. The maximum atomic E-state index is 5.94. The van der Waals surface area contributed by atoms with Crippen molar-refractivity contribution in [3.05, 3.63) is 47.9 Å². The molecule has 0 saturated heterocycles. The van der Waals surface area contributed by atoms with Crippen molar-refractivity contribution in [2.45, 2.75) is 0 Å². The zero-order valence-electron chi connectivity index (χ0n) is 10.1. The molecule has 6 nitrogen and oxygen atoms in total. The predicted octanol–water partition coefficient (Wildman–Crippen LogP) is 2.39. The highest BCUT2D eigenvalue weighted by Gasteiger charge is 2.13. The SMILES string of the molecule is Clc1ccc2nnc(-c3cccc4nccnc34)n2n1. The summed E-state index contributed by atoms with van der Waals surface area (Å²) in [7, 11) is 0. The van der Waals surface area contributed by atoms with Crippen LogP contribution in [0.15, 0.2) is 42.7 Å². The molecule has 1 aromatic carbocycles. The standard InChI is InChI=1S/C13H7ClN6/c14-10-4-5-11-17-18-13(20(11)19-10)8-2-1-3-9-12(8)16-7-6-15-9/h1-7H. The van der Waals surface area contributed by atoms with E-state index in [0.717, 1.165) is 16.6 Å². The van der Waals surface area contributed by atoms with Crippen molar-refractivity contribution in [2.75, 3.05) is 0 Å². The van der Waals surface area contributed by atoms with E-state index in [0.29, 0.717) is 16.6 Å². The third kappa shape index (κ3) is 1.62. The van der Waals surface area contributed by atoms with Gasteiger partial charge in [-0.1, -0.05) is 17.7 Å². The summed E-state index contributed by atoms with van der Waals surface area (Å²) in [5.74, 6) is 0.591. The van der Waals surface area contributed by atoms with E-state index in [1.54, 1.807) is 29.0 Å². The Balaban J connectivity index is 2.09. The van der Waals surface area contributed by atoms with Crippen molar-refractivity contribution in [3.8, 4) is 11.4 Å². The Bertz CT molecular complexity index is 927. The van der Waals surface area contributed by atoms with Gasteiger partial charge in [-0.2, -0.15) is 9.61 Å². The lowest BCUT2D eigenvalue weighted by atomic mass is 10.1. The van der Waals surface area contributed by atoms with Gasteiger partial charge in [-0.25, -0.2) is 0 Å². The van der Waals surface area contributed by atoms with E-state index >= 15 is 0 Å². The lowest BCUT2D eigenvalue weighted by Gasteiger charge is -2.03. The first-order valence-corrected chi connectivity index (χ1v) is 6.29. The molecule has 20 heavy (non-hydrogen) atoms. The average molecular weight is 283 g/mol. The lowest BCUT2D eigenvalue weighted by Crippen LogP contribution is -1.96. The second-order valence-corrected chi connectivity index (χ2v) is 4.57. The quantitative estimate of drug-likeness (QED) is 0.536. The van der Waals surface area contributed by atoms with Gasteiger partial charge in [-0.3, -0.25) is 9.97 Å². The molecule has 0 radical (unpaired) electrons. The molecule has 96 valence electrons. The molecule has 3 heterocycles. The zero-order valence-corrected chi connectivity index (χ0v) is 10.9. The molecule has 0 unspecified atom stereocenters. The van der Waals surface area contributed by atoms with Crippen LogP contribution in [0.4, 0.5) is 0 Å². The molecule has 0 bridgehead atoms. The number of hydrogen-bond donors (Lipinski definition) is 0. The van der Waals surface area contributed by atoms with Crippen LogP contribution in [-0.2, 0) is 0 Å². The summed E-state index contributed by atoms with van der Waals surface area (Å²) in [6.07, 6.45) is 3.30. The van der Waals surface area contributed by atoms with E-state index in [1.807, 2.05) is 18.2 Å². The molecule has 0 atom stereocenters. The lowest BCUT2D eigenvalue weighted by molar-refractivity contribution is 0.937. The second kappa shape index (κ2) is 4.21. The summed E-state index contributed by atoms with van der Waals surface area (Å²) in [6, 6.07) is 9.16. The van der Waals surface area contributed by atoms with Gasteiger partial charge in [0.05, 0.1) is 11.0 Å². The van der Waals surface area contributed by atoms with Gasteiger partial charge in [-0.15, -0.1) is 10.2 Å². The molecule has 0 saturated carbocycles.